The first-order valence-electron chi connectivity index (χ1n) is 5.56. The minimum atomic E-state index is -3.99. The van der Waals surface area contributed by atoms with E-state index in [9.17, 15) is 12.8 Å². The minimum absolute atomic E-state index is 0.262. The molecule has 2 aromatic carbocycles. The van der Waals surface area contributed by atoms with E-state index >= 15 is 0 Å². The summed E-state index contributed by atoms with van der Waals surface area (Å²) in [5.41, 5.74) is 1.47. The van der Waals surface area contributed by atoms with Gasteiger partial charge in [0.05, 0.1) is 0 Å². The molecule has 1 heterocycles. The summed E-state index contributed by atoms with van der Waals surface area (Å²) in [6.45, 7) is 0. The molecule has 3 rings (SSSR count). The number of halogens is 1. The summed E-state index contributed by atoms with van der Waals surface area (Å²) in [4.78, 5) is -0.391. The van der Waals surface area contributed by atoms with Crippen molar-refractivity contribution in [2.45, 2.75) is 4.90 Å². The van der Waals surface area contributed by atoms with Crippen LogP contribution in [-0.4, -0.2) is 31.3 Å². The number of hydrogen-bond donors (Lipinski definition) is 1. The third-order valence-corrected chi connectivity index (χ3v) is 5.19. The molecule has 1 aromatic heterocycles. The molecular weight excluding hydrogens is 348 g/mol. The molecule has 0 radical (unpaired) electrons. The van der Waals surface area contributed by atoms with Crippen LogP contribution in [0.25, 0.3) is 11.0 Å². The van der Waals surface area contributed by atoms with Crippen molar-refractivity contribution in [3.05, 3.63) is 48.3 Å². The third kappa shape index (κ3) is 2.33. The molecule has 0 fully saturated rings. The van der Waals surface area contributed by atoms with Gasteiger partial charge in [0.2, 0.25) is 0 Å². The van der Waals surface area contributed by atoms with Crippen LogP contribution in [-0.2, 0) is 10.0 Å². The van der Waals surface area contributed by atoms with E-state index < -0.39 is 20.7 Å². The van der Waals surface area contributed by atoms with Gasteiger partial charge in [0.1, 0.15) is 0 Å². The summed E-state index contributed by atoms with van der Waals surface area (Å²) in [5, 5.41) is 0. The summed E-state index contributed by atoms with van der Waals surface area (Å²) in [6, 6.07) is 10.2. The molecular formula is C12H8FN3O2SSe. The maximum atomic E-state index is 13.6. The van der Waals surface area contributed by atoms with Gasteiger partial charge < -0.3 is 0 Å². The van der Waals surface area contributed by atoms with Gasteiger partial charge in [-0.05, 0) is 0 Å². The maximum absolute atomic E-state index is 13.6. The summed E-state index contributed by atoms with van der Waals surface area (Å²) < 4.78 is 48.7. The Bertz CT molecular complexity index is 879. The molecule has 0 aliphatic heterocycles. The Balaban J connectivity index is 2.06. The SMILES string of the molecule is O=S(=O)(Nc1cccc2n[se]nc12)c1ccccc1F. The number of benzene rings is 2. The van der Waals surface area contributed by atoms with Gasteiger partial charge in [-0.2, -0.15) is 0 Å². The van der Waals surface area contributed by atoms with E-state index in [2.05, 4.69) is 12.7 Å². The van der Waals surface area contributed by atoms with Gasteiger partial charge in [-0.15, -0.1) is 0 Å². The molecule has 0 spiro atoms. The van der Waals surface area contributed by atoms with Crippen molar-refractivity contribution in [1.29, 1.82) is 0 Å². The molecule has 0 bridgehead atoms. The molecule has 20 heavy (non-hydrogen) atoms. The van der Waals surface area contributed by atoms with Crippen LogP contribution in [0.2, 0.25) is 0 Å². The van der Waals surface area contributed by atoms with E-state index in [0.29, 0.717) is 16.7 Å². The monoisotopic (exact) mass is 357 g/mol. The van der Waals surface area contributed by atoms with Crippen molar-refractivity contribution in [2.75, 3.05) is 4.72 Å². The van der Waals surface area contributed by atoms with Crippen LogP contribution >= 0.6 is 0 Å². The predicted molar refractivity (Wildman–Crippen MR) is 73.7 cm³/mol. The molecule has 0 saturated carbocycles. The number of aromatic nitrogens is 2. The molecule has 8 heteroatoms. The van der Waals surface area contributed by atoms with Crippen LogP contribution in [0, 0.1) is 5.82 Å². The Morgan fingerprint density at radius 3 is 2.65 bits per heavy atom. The van der Waals surface area contributed by atoms with Crippen molar-refractivity contribution in [2.24, 2.45) is 0 Å². The summed E-state index contributed by atoms with van der Waals surface area (Å²) in [5.74, 6) is -0.793. The van der Waals surface area contributed by atoms with E-state index in [0.717, 1.165) is 6.07 Å². The van der Waals surface area contributed by atoms with Crippen molar-refractivity contribution >= 4 is 41.7 Å². The third-order valence-electron chi connectivity index (χ3n) is 2.66. The van der Waals surface area contributed by atoms with Gasteiger partial charge in [0.25, 0.3) is 0 Å². The van der Waals surface area contributed by atoms with Gasteiger partial charge in [0, 0.05) is 0 Å². The number of nitrogens with one attached hydrogen (secondary N) is 1. The number of anilines is 1. The molecule has 0 amide bonds. The van der Waals surface area contributed by atoms with Crippen LogP contribution in [0.3, 0.4) is 0 Å². The van der Waals surface area contributed by atoms with Gasteiger partial charge in [-0.25, -0.2) is 0 Å². The average molecular weight is 356 g/mol. The summed E-state index contributed by atoms with van der Waals surface area (Å²) >= 11 is -0.262. The topological polar surface area (TPSA) is 72.0 Å². The zero-order valence-electron chi connectivity index (χ0n) is 9.95. The fourth-order valence-corrected chi connectivity index (χ4v) is 4.05. The zero-order chi connectivity index (χ0) is 14.2. The predicted octanol–water partition coefficient (Wildman–Crippen LogP) is 1.63. The van der Waals surface area contributed by atoms with E-state index in [-0.39, 0.29) is 15.0 Å². The Labute approximate surface area is 120 Å². The quantitative estimate of drug-likeness (QED) is 0.724. The van der Waals surface area contributed by atoms with Crippen LogP contribution < -0.4 is 4.72 Å². The van der Waals surface area contributed by atoms with Crippen LogP contribution in [0.15, 0.2) is 47.4 Å². The van der Waals surface area contributed by atoms with Crippen molar-refractivity contribution in [3.8, 4) is 0 Å². The van der Waals surface area contributed by atoms with Gasteiger partial charge in [-0.3, -0.25) is 0 Å². The number of fused-ring (bicyclic) bond motifs is 1. The van der Waals surface area contributed by atoms with Crippen LogP contribution in [0.5, 0.6) is 0 Å². The molecule has 1 N–H and O–H groups in total. The van der Waals surface area contributed by atoms with E-state index in [1.165, 1.54) is 18.2 Å². The number of hydrogen-bond acceptors (Lipinski definition) is 4. The summed E-state index contributed by atoms with van der Waals surface area (Å²) in [7, 11) is -3.99. The number of rotatable bonds is 3. The second-order valence-electron chi connectivity index (χ2n) is 3.97. The van der Waals surface area contributed by atoms with Crippen molar-refractivity contribution in [1.82, 2.24) is 7.96 Å². The fourth-order valence-electron chi connectivity index (χ4n) is 1.75. The normalized spacial score (nSPS) is 11.7. The molecule has 3 aromatic rings. The average Bonchev–Trinajstić information content (AvgIpc) is 2.88. The van der Waals surface area contributed by atoms with Crippen molar-refractivity contribution < 1.29 is 12.8 Å². The molecule has 0 saturated heterocycles. The molecule has 102 valence electrons. The summed E-state index contributed by atoms with van der Waals surface area (Å²) in [6.07, 6.45) is 0. The Morgan fingerprint density at radius 2 is 1.85 bits per heavy atom. The van der Waals surface area contributed by atoms with Gasteiger partial charge in [-0.1, -0.05) is 0 Å². The van der Waals surface area contributed by atoms with Crippen molar-refractivity contribution in [3.63, 3.8) is 0 Å². The van der Waals surface area contributed by atoms with E-state index in [1.807, 2.05) is 0 Å². The number of sulfonamides is 1. The van der Waals surface area contributed by atoms with Crippen LogP contribution in [0.1, 0.15) is 0 Å². The molecule has 5 nitrogen and oxygen atoms in total. The van der Waals surface area contributed by atoms with Gasteiger partial charge >= 0.3 is 120 Å². The standard InChI is InChI=1S/C12H8FN3O2SSe/c13-8-4-1-2-7-11(8)19(17,18)14-9-5-3-6-10-12(9)16-20-15-10/h1-7,14H. The van der Waals surface area contributed by atoms with Crippen LogP contribution in [0.4, 0.5) is 10.1 Å². The van der Waals surface area contributed by atoms with E-state index in [1.54, 1.807) is 18.2 Å². The Hall–Kier alpha value is -1.76. The molecule has 0 aliphatic carbocycles. The molecule has 0 unspecified atom stereocenters. The number of nitrogens with zero attached hydrogens (tertiary/aromatic N) is 2. The Kier molecular flexibility index (Phi) is 3.29. The first-order valence-corrected chi connectivity index (χ1v) is 8.58. The molecule has 0 aliphatic rings. The Morgan fingerprint density at radius 1 is 1.05 bits per heavy atom. The van der Waals surface area contributed by atoms with Gasteiger partial charge in [0.15, 0.2) is 0 Å². The fraction of sp³-hybridized carbons (Fsp3) is 0. The first kappa shape index (κ1) is 13.2. The second-order valence-corrected chi connectivity index (χ2v) is 6.73. The molecule has 0 atom stereocenters. The zero-order valence-corrected chi connectivity index (χ0v) is 12.5. The van der Waals surface area contributed by atoms with E-state index in [4.69, 9.17) is 0 Å². The first-order chi connectivity index (χ1) is 9.58. The second kappa shape index (κ2) is 4.97.